The molecule has 0 amide bonds. The van der Waals surface area contributed by atoms with Gasteiger partial charge in [0.25, 0.3) is 0 Å². The zero-order valence-corrected chi connectivity index (χ0v) is 51.8. The first-order chi connectivity index (χ1) is 46.6. The van der Waals surface area contributed by atoms with Gasteiger partial charge in [0.15, 0.2) is 0 Å². The molecule has 0 fully saturated rings. The number of nitrogens with zero attached hydrogens (tertiary/aromatic N) is 2. The van der Waals surface area contributed by atoms with Crippen LogP contribution >= 0.6 is 0 Å². The first-order valence-corrected chi connectivity index (χ1v) is 32.6. The fourth-order valence-corrected chi connectivity index (χ4v) is 15.6. The number of anilines is 6. The van der Waals surface area contributed by atoms with E-state index in [4.69, 9.17) is 0 Å². The number of hydrogen-bond acceptors (Lipinski definition) is 2. The molecule has 0 bridgehead atoms. The summed E-state index contributed by atoms with van der Waals surface area (Å²) in [4.78, 5) is 4.75. The molecule has 0 aliphatic heterocycles. The Hall–Kier alpha value is -12.1. The fourth-order valence-electron chi connectivity index (χ4n) is 15.6. The third kappa shape index (κ3) is 9.25. The van der Waals surface area contributed by atoms with Crippen LogP contribution in [0.3, 0.4) is 0 Å². The molecular formula is C92H64N2. The lowest BCUT2D eigenvalue weighted by molar-refractivity contribution is 0.768. The van der Waals surface area contributed by atoms with Crippen LogP contribution in [0.4, 0.5) is 34.1 Å². The summed E-state index contributed by atoms with van der Waals surface area (Å²) in [5, 5.41) is 0. The van der Waals surface area contributed by atoms with Crippen molar-refractivity contribution in [2.24, 2.45) is 0 Å². The lowest BCUT2D eigenvalue weighted by Crippen LogP contribution is -2.28. The molecule has 2 aliphatic rings. The van der Waals surface area contributed by atoms with Crippen molar-refractivity contribution < 1.29 is 0 Å². The lowest BCUT2D eigenvalue weighted by atomic mass is 9.67. The molecule has 0 heterocycles. The van der Waals surface area contributed by atoms with Gasteiger partial charge < -0.3 is 9.80 Å². The summed E-state index contributed by atoms with van der Waals surface area (Å²) in [6.45, 7) is 0. The minimum atomic E-state index is -0.477. The fraction of sp³-hybridized carbons (Fsp3) is 0.0217. The number of benzene rings is 15. The molecule has 94 heavy (non-hydrogen) atoms. The third-order valence-corrected chi connectivity index (χ3v) is 19.6. The second-order valence-corrected chi connectivity index (χ2v) is 24.6. The number of para-hydroxylation sites is 1. The SMILES string of the molecule is c1ccc(-c2ccc(N(c3ccc(-c4cccc(N(c5ccccc5)c5ccc(-c6cccc7c6-c6ccccc6C7(c6ccccc6)c6ccccc6)cc5)c4)cc3)c3ccc(-c4cccc5c4-c4ccccc4C5(c4ccccc4)c4ccccc4)cc3)cc2)cc1. The smallest absolute Gasteiger partial charge is 0.0713 e. The molecule has 0 atom stereocenters. The Morgan fingerprint density at radius 3 is 0.819 bits per heavy atom. The van der Waals surface area contributed by atoms with Crippen LogP contribution in [0, 0.1) is 0 Å². The quantitative estimate of drug-likeness (QED) is 0.107. The molecule has 2 aliphatic carbocycles. The van der Waals surface area contributed by atoms with Crippen molar-refractivity contribution >= 4 is 34.1 Å². The first kappa shape index (κ1) is 55.9. The van der Waals surface area contributed by atoms with Gasteiger partial charge in [-0.05, 0) is 184 Å². The van der Waals surface area contributed by atoms with Crippen molar-refractivity contribution in [1.82, 2.24) is 0 Å². The van der Waals surface area contributed by atoms with Gasteiger partial charge in [0, 0.05) is 34.1 Å². The van der Waals surface area contributed by atoms with Gasteiger partial charge in [0.2, 0.25) is 0 Å². The Morgan fingerprint density at radius 2 is 0.415 bits per heavy atom. The van der Waals surface area contributed by atoms with Gasteiger partial charge in [-0.25, -0.2) is 0 Å². The number of fused-ring (bicyclic) bond motifs is 6. The van der Waals surface area contributed by atoms with Gasteiger partial charge >= 0.3 is 0 Å². The van der Waals surface area contributed by atoms with E-state index in [1.54, 1.807) is 0 Å². The van der Waals surface area contributed by atoms with E-state index in [2.05, 4.69) is 398 Å². The summed E-state index contributed by atoms with van der Waals surface area (Å²) < 4.78 is 0. The van der Waals surface area contributed by atoms with Gasteiger partial charge in [-0.2, -0.15) is 0 Å². The highest BCUT2D eigenvalue weighted by Crippen LogP contribution is 2.60. The van der Waals surface area contributed by atoms with Crippen LogP contribution in [0.5, 0.6) is 0 Å². The summed E-state index contributed by atoms with van der Waals surface area (Å²) >= 11 is 0. The average molecular weight is 1200 g/mol. The molecule has 2 heteroatoms. The van der Waals surface area contributed by atoms with E-state index in [9.17, 15) is 0 Å². The molecule has 0 saturated carbocycles. The zero-order chi connectivity index (χ0) is 62.4. The normalized spacial score (nSPS) is 12.9. The van der Waals surface area contributed by atoms with E-state index < -0.39 is 10.8 Å². The minimum Gasteiger partial charge on any atom is -0.311 e. The highest BCUT2D eigenvalue weighted by atomic mass is 15.1. The van der Waals surface area contributed by atoms with Crippen LogP contribution in [-0.4, -0.2) is 0 Å². The summed E-state index contributed by atoms with van der Waals surface area (Å²) in [6.07, 6.45) is 0. The lowest BCUT2D eigenvalue weighted by Gasteiger charge is -2.34. The maximum atomic E-state index is 2.38. The van der Waals surface area contributed by atoms with Crippen molar-refractivity contribution in [3.8, 4) is 66.8 Å². The summed E-state index contributed by atoms with van der Waals surface area (Å²) in [7, 11) is 0. The van der Waals surface area contributed by atoms with E-state index in [1.165, 1.54) is 100 Å². The van der Waals surface area contributed by atoms with Gasteiger partial charge in [-0.1, -0.05) is 315 Å². The van der Waals surface area contributed by atoms with E-state index in [0.29, 0.717) is 0 Å². The second-order valence-electron chi connectivity index (χ2n) is 24.6. The van der Waals surface area contributed by atoms with Gasteiger partial charge in [0.05, 0.1) is 10.8 Å². The molecule has 15 aromatic carbocycles. The van der Waals surface area contributed by atoms with Crippen LogP contribution < -0.4 is 9.80 Å². The van der Waals surface area contributed by atoms with E-state index in [0.717, 1.165) is 45.3 Å². The molecule has 0 unspecified atom stereocenters. The third-order valence-electron chi connectivity index (χ3n) is 19.6. The molecule has 0 spiro atoms. The standard InChI is InChI=1S/C92H64N2/c1-7-26-65(27-8-1)66-48-56-76(57-49-66)93(78-60-52-68(53-61-78)81-42-24-46-87-89(81)83-40-19-21-44-85(83)91(87,71-29-9-2-10-30-71)72-31-11-3-12-32-72)77-58-50-67(51-59-77)70-28-23-39-80(64-70)94(75-37-17-6-18-38-75)79-62-54-69(55-63-79)82-43-25-47-88-90(82)84-41-20-22-45-86(84)92(88,73-33-13-4-14-34-73)74-35-15-5-16-36-74/h1-64H. The number of rotatable bonds is 14. The Balaban J connectivity index is 0.718. The minimum absolute atomic E-state index is 0.471. The van der Waals surface area contributed by atoms with Crippen LogP contribution in [-0.2, 0) is 10.8 Å². The zero-order valence-electron chi connectivity index (χ0n) is 51.8. The molecule has 0 radical (unpaired) electrons. The van der Waals surface area contributed by atoms with Crippen LogP contribution in [0.25, 0.3) is 66.8 Å². The Morgan fingerprint density at radius 1 is 0.160 bits per heavy atom. The van der Waals surface area contributed by atoms with E-state index in [-0.39, 0.29) is 0 Å². The van der Waals surface area contributed by atoms with Crippen molar-refractivity contribution in [1.29, 1.82) is 0 Å². The van der Waals surface area contributed by atoms with Crippen LogP contribution in [0.2, 0.25) is 0 Å². The maximum Gasteiger partial charge on any atom is 0.0713 e. The molecule has 442 valence electrons. The van der Waals surface area contributed by atoms with Gasteiger partial charge in [0.1, 0.15) is 0 Å². The first-order valence-electron chi connectivity index (χ1n) is 32.6. The highest BCUT2D eigenvalue weighted by Gasteiger charge is 2.48. The number of hydrogen-bond donors (Lipinski definition) is 0. The van der Waals surface area contributed by atoms with Crippen molar-refractivity contribution in [2.45, 2.75) is 10.8 Å². The Bertz CT molecular complexity index is 5110. The molecule has 0 aromatic heterocycles. The predicted molar refractivity (Wildman–Crippen MR) is 392 cm³/mol. The van der Waals surface area contributed by atoms with Gasteiger partial charge in [-0.3, -0.25) is 0 Å². The summed E-state index contributed by atoms with van der Waals surface area (Å²) in [5.41, 5.74) is 30.3. The molecule has 15 aromatic rings. The van der Waals surface area contributed by atoms with Crippen molar-refractivity contribution in [2.75, 3.05) is 9.80 Å². The largest absolute Gasteiger partial charge is 0.311 e. The monoisotopic (exact) mass is 1200 g/mol. The summed E-state index contributed by atoms with van der Waals surface area (Å²) in [6, 6.07) is 143. The molecule has 0 saturated heterocycles. The van der Waals surface area contributed by atoms with E-state index >= 15 is 0 Å². The van der Waals surface area contributed by atoms with Crippen molar-refractivity contribution in [3.63, 3.8) is 0 Å². The van der Waals surface area contributed by atoms with Crippen LogP contribution in [0.1, 0.15) is 44.5 Å². The highest BCUT2D eigenvalue weighted by molar-refractivity contribution is 5.98. The molecule has 2 nitrogen and oxygen atoms in total. The topological polar surface area (TPSA) is 6.48 Å². The Labute approximate surface area is 550 Å². The Kier molecular flexibility index (Phi) is 14.0. The van der Waals surface area contributed by atoms with Crippen LogP contribution in [0.15, 0.2) is 388 Å². The maximum absolute atomic E-state index is 2.38. The second kappa shape index (κ2) is 23.6. The van der Waals surface area contributed by atoms with E-state index in [1.807, 2.05) is 0 Å². The van der Waals surface area contributed by atoms with Gasteiger partial charge in [-0.15, -0.1) is 0 Å². The molecular weight excluding hydrogens is 1130 g/mol. The predicted octanol–water partition coefficient (Wildman–Crippen LogP) is 24.0. The average Bonchev–Trinajstić information content (AvgIpc) is 1.54. The molecule has 0 N–H and O–H groups in total. The molecule has 17 rings (SSSR count). The summed E-state index contributed by atoms with van der Waals surface area (Å²) in [5.74, 6) is 0. The van der Waals surface area contributed by atoms with Crippen molar-refractivity contribution in [3.05, 3.63) is 433 Å².